The average Bonchev–Trinajstić information content (AvgIpc) is 2.40. The number of carboxylic acid groups (broad SMARTS) is 1. The quantitative estimate of drug-likeness (QED) is 0.553. The standard InChI is InChI=1S/C16H21FO3/c1-3-5-6-10-20-16-12(7-4-2)8-9-13(15(16)17)11-14(18)19/h4,8-9H,2-3,5-7,10-11H2,1H3,(H,18,19). The molecule has 1 rings (SSSR count). The number of aliphatic carboxylic acids is 1. The summed E-state index contributed by atoms with van der Waals surface area (Å²) in [6.07, 6.45) is 4.76. The predicted molar refractivity (Wildman–Crippen MR) is 76.7 cm³/mol. The third kappa shape index (κ3) is 4.68. The maximum Gasteiger partial charge on any atom is 0.307 e. The molecule has 20 heavy (non-hydrogen) atoms. The summed E-state index contributed by atoms with van der Waals surface area (Å²) in [5.41, 5.74) is 0.846. The van der Waals surface area contributed by atoms with Gasteiger partial charge in [0.05, 0.1) is 13.0 Å². The van der Waals surface area contributed by atoms with Crippen LogP contribution in [-0.4, -0.2) is 17.7 Å². The van der Waals surface area contributed by atoms with Crippen LogP contribution >= 0.6 is 0 Å². The van der Waals surface area contributed by atoms with Gasteiger partial charge in [0.2, 0.25) is 0 Å². The molecule has 0 radical (unpaired) electrons. The van der Waals surface area contributed by atoms with Crippen LogP contribution in [0.2, 0.25) is 0 Å². The van der Waals surface area contributed by atoms with Crippen molar-refractivity contribution in [2.45, 2.75) is 39.0 Å². The average molecular weight is 280 g/mol. The Kier molecular flexibility index (Phi) is 6.77. The van der Waals surface area contributed by atoms with Crippen molar-refractivity contribution in [3.63, 3.8) is 0 Å². The fourth-order valence-corrected chi connectivity index (χ4v) is 1.93. The molecule has 0 aliphatic heterocycles. The maximum atomic E-state index is 14.3. The molecule has 4 heteroatoms. The summed E-state index contributed by atoms with van der Waals surface area (Å²) >= 11 is 0. The molecule has 0 spiro atoms. The van der Waals surface area contributed by atoms with Crippen molar-refractivity contribution in [3.05, 3.63) is 41.7 Å². The van der Waals surface area contributed by atoms with Crippen molar-refractivity contribution in [3.8, 4) is 5.75 Å². The van der Waals surface area contributed by atoms with E-state index in [9.17, 15) is 9.18 Å². The van der Waals surface area contributed by atoms with E-state index in [2.05, 4.69) is 13.5 Å². The minimum atomic E-state index is -1.06. The SMILES string of the molecule is C=CCc1ccc(CC(=O)O)c(F)c1OCCCCC. The summed E-state index contributed by atoms with van der Waals surface area (Å²) in [5.74, 6) is -1.46. The number of hydrogen-bond donors (Lipinski definition) is 1. The lowest BCUT2D eigenvalue weighted by molar-refractivity contribution is -0.136. The van der Waals surface area contributed by atoms with Gasteiger partial charge in [-0.1, -0.05) is 38.0 Å². The number of halogens is 1. The van der Waals surface area contributed by atoms with Crippen LogP contribution in [0.3, 0.4) is 0 Å². The van der Waals surface area contributed by atoms with Crippen LogP contribution in [-0.2, 0) is 17.6 Å². The molecular formula is C16H21FO3. The second kappa shape index (κ2) is 8.35. The first-order valence-corrected chi connectivity index (χ1v) is 6.85. The van der Waals surface area contributed by atoms with Crippen LogP contribution < -0.4 is 4.74 Å². The van der Waals surface area contributed by atoms with Crippen molar-refractivity contribution in [2.75, 3.05) is 6.61 Å². The molecule has 0 amide bonds. The second-order valence-electron chi connectivity index (χ2n) is 4.65. The molecule has 0 fully saturated rings. The van der Waals surface area contributed by atoms with Crippen molar-refractivity contribution in [2.24, 2.45) is 0 Å². The lowest BCUT2D eigenvalue weighted by Crippen LogP contribution is -2.07. The predicted octanol–water partition coefficient (Wildman–Crippen LogP) is 3.75. The number of carbonyl (C=O) groups is 1. The summed E-state index contributed by atoms with van der Waals surface area (Å²) in [5, 5.41) is 8.78. The number of unbranched alkanes of at least 4 members (excludes halogenated alkanes) is 2. The monoisotopic (exact) mass is 280 g/mol. The zero-order valence-corrected chi connectivity index (χ0v) is 11.8. The molecule has 0 unspecified atom stereocenters. The Morgan fingerprint density at radius 1 is 1.40 bits per heavy atom. The minimum Gasteiger partial charge on any atom is -0.490 e. The van der Waals surface area contributed by atoms with Gasteiger partial charge >= 0.3 is 5.97 Å². The molecular weight excluding hydrogens is 259 g/mol. The Hall–Kier alpha value is -1.84. The summed E-state index contributed by atoms with van der Waals surface area (Å²) in [6.45, 7) is 6.15. The Morgan fingerprint density at radius 3 is 2.70 bits per heavy atom. The highest BCUT2D eigenvalue weighted by Crippen LogP contribution is 2.27. The van der Waals surface area contributed by atoms with Crippen LogP contribution in [0.15, 0.2) is 24.8 Å². The Labute approximate surface area is 119 Å². The van der Waals surface area contributed by atoms with E-state index in [0.29, 0.717) is 18.6 Å². The van der Waals surface area contributed by atoms with E-state index in [1.54, 1.807) is 12.1 Å². The maximum absolute atomic E-state index is 14.3. The molecule has 0 bridgehead atoms. The molecule has 1 aromatic rings. The number of hydrogen-bond acceptors (Lipinski definition) is 2. The molecule has 0 saturated carbocycles. The van der Waals surface area contributed by atoms with Gasteiger partial charge in [-0.05, 0) is 12.8 Å². The summed E-state index contributed by atoms with van der Waals surface area (Å²) in [7, 11) is 0. The molecule has 1 aromatic carbocycles. The summed E-state index contributed by atoms with van der Waals surface area (Å²) < 4.78 is 19.8. The van der Waals surface area contributed by atoms with Gasteiger partial charge in [-0.25, -0.2) is 4.39 Å². The van der Waals surface area contributed by atoms with E-state index in [-0.39, 0.29) is 17.7 Å². The Balaban J connectivity index is 2.94. The Morgan fingerprint density at radius 2 is 2.10 bits per heavy atom. The first kappa shape index (κ1) is 16.2. The van der Waals surface area contributed by atoms with Crippen molar-refractivity contribution >= 4 is 5.97 Å². The molecule has 1 N–H and O–H groups in total. The first-order chi connectivity index (χ1) is 9.60. The van der Waals surface area contributed by atoms with Gasteiger partial charge in [-0.15, -0.1) is 6.58 Å². The number of rotatable bonds is 9. The fourth-order valence-electron chi connectivity index (χ4n) is 1.93. The highest BCUT2D eigenvalue weighted by atomic mass is 19.1. The topological polar surface area (TPSA) is 46.5 Å². The molecule has 0 aliphatic rings. The minimum absolute atomic E-state index is 0.149. The van der Waals surface area contributed by atoms with Gasteiger partial charge in [-0.2, -0.15) is 0 Å². The smallest absolute Gasteiger partial charge is 0.307 e. The third-order valence-electron chi connectivity index (χ3n) is 2.96. The lowest BCUT2D eigenvalue weighted by atomic mass is 10.0. The van der Waals surface area contributed by atoms with Gasteiger partial charge in [0.25, 0.3) is 0 Å². The number of ether oxygens (including phenoxy) is 1. The van der Waals surface area contributed by atoms with Crippen LogP contribution in [0.5, 0.6) is 5.75 Å². The second-order valence-corrected chi connectivity index (χ2v) is 4.65. The van der Waals surface area contributed by atoms with Crippen molar-refractivity contribution < 1.29 is 19.0 Å². The lowest BCUT2D eigenvalue weighted by Gasteiger charge is -2.13. The highest BCUT2D eigenvalue weighted by Gasteiger charge is 2.16. The number of carboxylic acids is 1. The van der Waals surface area contributed by atoms with E-state index in [1.807, 2.05) is 0 Å². The zero-order valence-electron chi connectivity index (χ0n) is 11.8. The summed E-state index contributed by atoms with van der Waals surface area (Å²) in [4.78, 5) is 10.7. The molecule has 0 heterocycles. The van der Waals surface area contributed by atoms with Gasteiger partial charge < -0.3 is 9.84 Å². The molecule has 0 aromatic heterocycles. The molecule has 0 saturated heterocycles. The van der Waals surface area contributed by atoms with Crippen LogP contribution in [0.25, 0.3) is 0 Å². The normalized spacial score (nSPS) is 10.3. The van der Waals surface area contributed by atoms with E-state index in [4.69, 9.17) is 9.84 Å². The van der Waals surface area contributed by atoms with Crippen LogP contribution in [0, 0.1) is 5.82 Å². The Bertz CT molecular complexity index is 469. The largest absolute Gasteiger partial charge is 0.490 e. The molecule has 0 atom stereocenters. The first-order valence-electron chi connectivity index (χ1n) is 6.85. The van der Waals surface area contributed by atoms with Gasteiger partial charge in [0.15, 0.2) is 11.6 Å². The summed E-state index contributed by atoms with van der Waals surface area (Å²) in [6, 6.07) is 3.21. The van der Waals surface area contributed by atoms with E-state index < -0.39 is 11.8 Å². The highest BCUT2D eigenvalue weighted by molar-refractivity contribution is 5.70. The molecule has 0 aliphatic carbocycles. The number of benzene rings is 1. The number of allylic oxidation sites excluding steroid dienone is 1. The third-order valence-corrected chi connectivity index (χ3v) is 2.96. The van der Waals surface area contributed by atoms with Crippen molar-refractivity contribution in [1.29, 1.82) is 0 Å². The van der Waals surface area contributed by atoms with Gasteiger partial charge in [-0.3, -0.25) is 4.79 Å². The van der Waals surface area contributed by atoms with Crippen molar-refractivity contribution in [1.82, 2.24) is 0 Å². The van der Waals surface area contributed by atoms with Gasteiger partial charge in [0, 0.05) is 11.1 Å². The zero-order chi connectivity index (χ0) is 15.0. The van der Waals surface area contributed by atoms with Crippen LogP contribution in [0.4, 0.5) is 4.39 Å². The van der Waals surface area contributed by atoms with E-state index in [0.717, 1.165) is 19.3 Å². The van der Waals surface area contributed by atoms with E-state index >= 15 is 0 Å². The van der Waals surface area contributed by atoms with Gasteiger partial charge in [0.1, 0.15) is 0 Å². The van der Waals surface area contributed by atoms with Crippen LogP contribution in [0.1, 0.15) is 37.3 Å². The fraction of sp³-hybridized carbons (Fsp3) is 0.438. The molecule has 3 nitrogen and oxygen atoms in total. The van der Waals surface area contributed by atoms with E-state index in [1.165, 1.54) is 6.07 Å². The molecule has 110 valence electrons.